The third kappa shape index (κ3) is 3.14. The van der Waals surface area contributed by atoms with Crippen LogP contribution in [0.3, 0.4) is 0 Å². The molecule has 6 nitrogen and oxygen atoms in total. The third-order valence-electron chi connectivity index (χ3n) is 4.77. The molecule has 128 valence electrons. The molecular formula is C17H22ClN5O. The van der Waals surface area contributed by atoms with Crippen LogP contribution in [0.15, 0.2) is 18.2 Å². The fourth-order valence-corrected chi connectivity index (χ4v) is 3.61. The maximum Gasteiger partial charge on any atom is 0.238 e. The molecule has 0 spiro atoms. The van der Waals surface area contributed by atoms with E-state index < -0.39 is 0 Å². The summed E-state index contributed by atoms with van der Waals surface area (Å²) in [5.74, 6) is 0.117. The van der Waals surface area contributed by atoms with Crippen molar-refractivity contribution in [2.45, 2.75) is 31.5 Å². The number of nitrogens with one attached hydrogen (secondary N) is 2. The first-order valence-electron chi connectivity index (χ1n) is 8.48. The second-order valence-corrected chi connectivity index (χ2v) is 7.14. The molecule has 2 aliphatic rings. The van der Waals surface area contributed by atoms with Crippen LogP contribution in [-0.4, -0.2) is 52.3 Å². The summed E-state index contributed by atoms with van der Waals surface area (Å²) in [7, 11) is 1.94. The Labute approximate surface area is 146 Å². The average molecular weight is 348 g/mol. The Morgan fingerprint density at radius 2 is 2.29 bits per heavy atom. The van der Waals surface area contributed by atoms with Gasteiger partial charge in [0.15, 0.2) is 0 Å². The summed E-state index contributed by atoms with van der Waals surface area (Å²) in [4.78, 5) is 14.6. The van der Waals surface area contributed by atoms with Crippen molar-refractivity contribution in [3.05, 3.63) is 28.9 Å². The van der Waals surface area contributed by atoms with Crippen LogP contribution >= 0.6 is 11.6 Å². The van der Waals surface area contributed by atoms with Crippen LogP contribution in [0.5, 0.6) is 0 Å². The van der Waals surface area contributed by atoms with Gasteiger partial charge in [0.05, 0.1) is 22.3 Å². The van der Waals surface area contributed by atoms with Crippen molar-refractivity contribution in [3.8, 4) is 0 Å². The van der Waals surface area contributed by atoms with Crippen molar-refractivity contribution < 1.29 is 4.79 Å². The van der Waals surface area contributed by atoms with Crippen LogP contribution in [0.1, 0.15) is 18.5 Å². The van der Waals surface area contributed by atoms with Crippen LogP contribution in [0.2, 0.25) is 5.02 Å². The minimum atomic E-state index is -0.148. The minimum absolute atomic E-state index is 0.117. The van der Waals surface area contributed by atoms with Gasteiger partial charge in [-0.1, -0.05) is 17.7 Å². The Bertz CT molecular complexity index is 770. The van der Waals surface area contributed by atoms with E-state index >= 15 is 0 Å². The lowest BCUT2D eigenvalue weighted by Crippen LogP contribution is -2.57. The number of amides is 1. The number of fused-ring (bicyclic) bond motifs is 1. The summed E-state index contributed by atoms with van der Waals surface area (Å²) in [5.41, 5.74) is 2.01. The Morgan fingerprint density at radius 1 is 1.46 bits per heavy atom. The molecule has 1 saturated heterocycles. The SMILES string of the molecule is Cn1nc(CN2CCN[C@@H](C(=O)NC3CC3)C2)c2c(Cl)cccc21. The molecule has 1 saturated carbocycles. The lowest BCUT2D eigenvalue weighted by molar-refractivity contribution is -0.124. The summed E-state index contributed by atoms with van der Waals surface area (Å²) < 4.78 is 1.87. The standard InChI is InChI=1S/C17H22ClN5O/c1-22-15-4-2-3-12(18)16(15)13(21-22)9-23-8-7-19-14(10-23)17(24)20-11-5-6-11/h2-4,11,14,19H,5-10H2,1H3,(H,20,24)/t14-/m1/s1. The molecular weight excluding hydrogens is 326 g/mol. The fourth-order valence-electron chi connectivity index (χ4n) is 3.34. The molecule has 0 unspecified atom stereocenters. The number of nitrogens with zero attached hydrogens (tertiary/aromatic N) is 3. The van der Waals surface area contributed by atoms with E-state index in [4.69, 9.17) is 11.6 Å². The number of hydrogen-bond acceptors (Lipinski definition) is 4. The molecule has 0 bridgehead atoms. The molecule has 1 aliphatic carbocycles. The van der Waals surface area contributed by atoms with Gasteiger partial charge >= 0.3 is 0 Å². The predicted octanol–water partition coefficient (Wildman–Crippen LogP) is 1.28. The lowest BCUT2D eigenvalue weighted by atomic mass is 10.1. The van der Waals surface area contributed by atoms with E-state index in [9.17, 15) is 4.79 Å². The van der Waals surface area contributed by atoms with Gasteiger partial charge in [0, 0.05) is 44.7 Å². The van der Waals surface area contributed by atoms with E-state index in [0.717, 1.165) is 47.6 Å². The summed E-state index contributed by atoms with van der Waals surface area (Å²) in [6.07, 6.45) is 2.22. The average Bonchev–Trinajstić information content (AvgIpc) is 3.32. The van der Waals surface area contributed by atoms with E-state index in [1.807, 2.05) is 29.9 Å². The van der Waals surface area contributed by atoms with Crippen molar-refractivity contribution in [2.24, 2.45) is 7.05 Å². The maximum atomic E-state index is 12.3. The van der Waals surface area contributed by atoms with Gasteiger partial charge in [-0.05, 0) is 25.0 Å². The van der Waals surface area contributed by atoms with Gasteiger partial charge in [-0.25, -0.2) is 0 Å². The molecule has 24 heavy (non-hydrogen) atoms. The minimum Gasteiger partial charge on any atom is -0.352 e. The smallest absolute Gasteiger partial charge is 0.238 e. The maximum absolute atomic E-state index is 12.3. The molecule has 4 rings (SSSR count). The third-order valence-corrected chi connectivity index (χ3v) is 5.09. The van der Waals surface area contributed by atoms with Crippen molar-refractivity contribution in [1.29, 1.82) is 0 Å². The van der Waals surface area contributed by atoms with Gasteiger partial charge in [-0.3, -0.25) is 14.4 Å². The number of aryl methyl sites for hydroxylation is 1. The number of carbonyl (C=O) groups is 1. The van der Waals surface area contributed by atoms with E-state index in [-0.39, 0.29) is 11.9 Å². The highest BCUT2D eigenvalue weighted by Crippen LogP contribution is 2.27. The molecule has 2 heterocycles. The molecule has 2 fully saturated rings. The molecule has 1 amide bonds. The topological polar surface area (TPSA) is 62.2 Å². The monoisotopic (exact) mass is 347 g/mol. The molecule has 1 aromatic heterocycles. The zero-order chi connectivity index (χ0) is 16.7. The van der Waals surface area contributed by atoms with E-state index in [0.29, 0.717) is 19.1 Å². The molecule has 1 aliphatic heterocycles. The molecule has 1 aromatic carbocycles. The van der Waals surface area contributed by atoms with E-state index in [1.165, 1.54) is 0 Å². The summed E-state index contributed by atoms with van der Waals surface area (Å²) in [6.45, 7) is 3.11. The summed E-state index contributed by atoms with van der Waals surface area (Å²) in [6, 6.07) is 6.12. The van der Waals surface area contributed by atoms with Crippen molar-refractivity contribution in [2.75, 3.05) is 19.6 Å². The highest BCUT2D eigenvalue weighted by atomic mass is 35.5. The molecule has 2 N–H and O–H groups in total. The molecule has 2 aromatic rings. The fraction of sp³-hybridized carbons (Fsp3) is 0.529. The summed E-state index contributed by atoms with van der Waals surface area (Å²) >= 11 is 6.39. The Morgan fingerprint density at radius 3 is 3.08 bits per heavy atom. The van der Waals surface area contributed by atoms with Crippen LogP contribution in [0.25, 0.3) is 10.9 Å². The number of hydrogen-bond donors (Lipinski definition) is 2. The zero-order valence-electron chi connectivity index (χ0n) is 13.8. The van der Waals surface area contributed by atoms with Gasteiger partial charge in [-0.15, -0.1) is 0 Å². The van der Waals surface area contributed by atoms with Gasteiger partial charge in [0.1, 0.15) is 0 Å². The number of rotatable bonds is 4. The van der Waals surface area contributed by atoms with E-state index in [2.05, 4.69) is 20.6 Å². The van der Waals surface area contributed by atoms with Crippen LogP contribution in [-0.2, 0) is 18.4 Å². The first-order chi connectivity index (χ1) is 11.6. The predicted molar refractivity (Wildman–Crippen MR) is 94.0 cm³/mol. The Balaban J connectivity index is 1.49. The molecule has 7 heteroatoms. The van der Waals surface area contributed by atoms with Gasteiger partial charge in [0.25, 0.3) is 0 Å². The first-order valence-corrected chi connectivity index (χ1v) is 8.86. The van der Waals surface area contributed by atoms with Gasteiger partial charge in [-0.2, -0.15) is 5.10 Å². The number of aromatic nitrogens is 2. The number of benzene rings is 1. The Hall–Kier alpha value is -1.63. The molecule has 0 radical (unpaired) electrons. The van der Waals surface area contributed by atoms with Crippen LogP contribution in [0, 0.1) is 0 Å². The van der Waals surface area contributed by atoms with Crippen LogP contribution < -0.4 is 10.6 Å². The zero-order valence-corrected chi connectivity index (χ0v) is 14.5. The van der Waals surface area contributed by atoms with E-state index in [1.54, 1.807) is 0 Å². The number of halogens is 1. The highest BCUT2D eigenvalue weighted by Gasteiger charge is 2.30. The van der Waals surface area contributed by atoms with Gasteiger partial charge in [0.2, 0.25) is 5.91 Å². The molecule has 1 atom stereocenters. The normalized spacial score (nSPS) is 22.0. The van der Waals surface area contributed by atoms with Crippen molar-refractivity contribution in [1.82, 2.24) is 25.3 Å². The Kier molecular flexibility index (Phi) is 4.20. The van der Waals surface area contributed by atoms with Gasteiger partial charge < -0.3 is 10.6 Å². The summed E-state index contributed by atoms with van der Waals surface area (Å²) in [5, 5.41) is 12.8. The van der Waals surface area contributed by atoms with Crippen molar-refractivity contribution >= 4 is 28.4 Å². The number of carbonyl (C=O) groups excluding carboxylic acids is 1. The highest BCUT2D eigenvalue weighted by molar-refractivity contribution is 6.35. The van der Waals surface area contributed by atoms with Crippen LogP contribution in [0.4, 0.5) is 0 Å². The lowest BCUT2D eigenvalue weighted by Gasteiger charge is -2.32. The quantitative estimate of drug-likeness (QED) is 0.874. The number of piperazine rings is 1. The van der Waals surface area contributed by atoms with Crippen molar-refractivity contribution in [3.63, 3.8) is 0 Å². The second-order valence-electron chi connectivity index (χ2n) is 6.73. The first kappa shape index (κ1) is 15.9. The largest absolute Gasteiger partial charge is 0.352 e. The second kappa shape index (κ2) is 6.35.